The molecule has 1 fully saturated rings. The van der Waals surface area contributed by atoms with Crippen LogP contribution in [0.3, 0.4) is 0 Å². The number of nitrogens with zero attached hydrogens (tertiary/aromatic N) is 2. The van der Waals surface area contributed by atoms with E-state index < -0.39 is 0 Å². The Morgan fingerprint density at radius 2 is 1.89 bits per heavy atom. The molecular formula is C20H28ClIN4OS. The summed E-state index contributed by atoms with van der Waals surface area (Å²) in [5.41, 5.74) is 2.66. The number of morpholine rings is 1. The maximum absolute atomic E-state index is 5.98. The molecule has 0 atom stereocenters. The summed E-state index contributed by atoms with van der Waals surface area (Å²) in [4.78, 5) is 8.05. The van der Waals surface area contributed by atoms with Gasteiger partial charge in [0.2, 0.25) is 0 Å². The smallest absolute Gasteiger partial charge is 0.191 e. The number of hydrogen-bond acceptors (Lipinski definition) is 4. The first kappa shape index (κ1) is 23.4. The van der Waals surface area contributed by atoms with Gasteiger partial charge >= 0.3 is 0 Å². The van der Waals surface area contributed by atoms with Crippen LogP contribution in [-0.2, 0) is 24.2 Å². The molecule has 1 aliphatic heterocycles. The van der Waals surface area contributed by atoms with Crippen molar-refractivity contribution >= 4 is 52.9 Å². The van der Waals surface area contributed by atoms with Crippen molar-refractivity contribution in [2.45, 2.75) is 19.5 Å². The Labute approximate surface area is 193 Å². The third-order valence-electron chi connectivity index (χ3n) is 4.58. The van der Waals surface area contributed by atoms with Gasteiger partial charge in [0.25, 0.3) is 0 Å². The van der Waals surface area contributed by atoms with Crippen molar-refractivity contribution in [2.24, 2.45) is 4.99 Å². The Balaban J connectivity index is 0.00000280. The van der Waals surface area contributed by atoms with Crippen molar-refractivity contribution in [3.8, 4) is 0 Å². The van der Waals surface area contributed by atoms with E-state index in [2.05, 4.69) is 50.9 Å². The van der Waals surface area contributed by atoms with E-state index in [0.717, 1.165) is 62.7 Å². The average molecular weight is 535 g/mol. The topological polar surface area (TPSA) is 48.9 Å². The third-order valence-corrected chi connectivity index (χ3v) is 5.87. The first-order chi connectivity index (χ1) is 13.2. The first-order valence-electron chi connectivity index (χ1n) is 9.30. The van der Waals surface area contributed by atoms with Crippen molar-refractivity contribution in [1.82, 2.24) is 15.5 Å². The molecule has 1 aromatic heterocycles. The molecule has 1 saturated heterocycles. The van der Waals surface area contributed by atoms with E-state index in [-0.39, 0.29) is 24.0 Å². The van der Waals surface area contributed by atoms with Gasteiger partial charge in [0.05, 0.1) is 17.6 Å². The van der Waals surface area contributed by atoms with Gasteiger partial charge < -0.3 is 15.4 Å². The molecule has 8 heteroatoms. The lowest BCUT2D eigenvalue weighted by molar-refractivity contribution is 0.0341. The van der Waals surface area contributed by atoms with Crippen LogP contribution in [0.4, 0.5) is 0 Å². The van der Waals surface area contributed by atoms with Crippen molar-refractivity contribution in [3.63, 3.8) is 0 Å². The van der Waals surface area contributed by atoms with E-state index in [1.165, 1.54) is 16.0 Å². The summed E-state index contributed by atoms with van der Waals surface area (Å²) in [6.07, 6.45) is 0.936. The summed E-state index contributed by atoms with van der Waals surface area (Å²) < 4.78 is 6.28. The fraction of sp³-hybridized carbons (Fsp3) is 0.450. The summed E-state index contributed by atoms with van der Waals surface area (Å²) in [7, 11) is 1.80. The first-order valence-corrected chi connectivity index (χ1v) is 10.5. The number of hydrogen-bond donors (Lipinski definition) is 2. The molecule has 0 unspecified atom stereocenters. The second-order valence-electron chi connectivity index (χ2n) is 6.47. The molecular weight excluding hydrogens is 507 g/mol. The predicted octanol–water partition coefficient (Wildman–Crippen LogP) is 3.76. The molecule has 154 valence electrons. The highest BCUT2D eigenvalue weighted by Gasteiger charge is 2.12. The molecule has 28 heavy (non-hydrogen) atoms. The van der Waals surface area contributed by atoms with E-state index in [1.54, 1.807) is 18.4 Å². The largest absolute Gasteiger partial charge is 0.379 e. The lowest BCUT2D eigenvalue weighted by Crippen LogP contribution is -2.38. The minimum atomic E-state index is 0. The molecule has 0 radical (unpaired) electrons. The van der Waals surface area contributed by atoms with Crippen molar-refractivity contribution in [1.29, 1.82) is 0 Å². The molecule has 3 rings (SSSR count). The van der Waals surface area contributed by atoms with Gasteiger partial charge in [-0.15, -0.1) is 35.3 Å². The second-order valence-corrected chi connectivity index (χ2v) is 8.27. The molecule has 5 nitrogen and oxygen atoms in total. The highest BCUT2D eigenvalue weighted by atomic mass is 127. The number of aliphatic imine (C=N–C) groups is 1. The van der Waals surface area contributed by atoms with Crippen molar-refractivity contribution in [3.05, 3.63) is 56.7 Å². The maximum Gasteiger partial charge on any atom is 0.191 e. The Kier molecular flexibility index (Phi) is 10.6. The number of nitrogens with one attached hydrogen (secondary N) is 2. The van der Waals surface area contributed by atoms with E-state index >= 15 is 0 Å². The lowest BCUT2D eigenvalue weighted by Gasteiger charge is -2.27. The van der Waals surface area contributed by atoms with Gasteiger partial charge in [-0.1, -0.05) is 35.9 Å². The van der Waals surface area contributed by atoms with Crippen LogP contribution in [0.25, 0.3) is 0 Å². The molecule has 0 spiro atoms. The number of guanidine groups is 1. The standard InChI is InChI=1S/C20H27ClN4OS.HI/c1-22-20(23-9-8-18-6-7-19(21)27-18)24-14-16-4-2-3-5-17(16)15-25-10-12-26-13-11-25;/h2-7H,8-15H2,1H3,(H2,22,23,24);1H. The maximum atomic E-state index is 5.98. The average Bonchev–Trinajstić information content (AvgIpc) is 3.11. The van der Waals surface area contributed by atoms with Gasteiger partial charge in [0, 0.05) is 44.6 Å². The highest BCUT2D eigenvalue weighted by molar-refractivity contribution is 14.0. The van der Waals surface area contributed by atoms with Crippen LogP contribution < -0.4 is 10.6 Å². The fourth-order valence-electron chi connectivity index (χ4n) is 3.07. The molecule has 2 heterocycles. The quantitative estimate of drug-likeness (QED) is 0.323. The van der Waals surface area contributed by atoms with E-state index in [4.69, 9.17) is 16.3 Å². The summed E-state index contributed by atoms with van der Waals surface area (Å²) >= 11 is 7.61. The van der Waals surface area contributed by atoms with Crippen LogP contribution in [0, 0.1) is 0 Å². The summed E-state index contributed by atoms with van der Waals surface area (Å²) in [5.74, 6) is 0.818. The Bertz CT molecular complexity index is 749. The second kappa shape index (κ2) is 12.6. The molecule has 2 N–H and O–H groups in total. The highest BCUT2D eigenvalue weighted by Crippen LogP contribution is 2.21. The van der Waals surface area contributed by atoms with Crippen molar-refractivity contribution < 1.29 is 4.74 Å². The van der Waals surface area contributed by atoms with E-state index in [9.17, 15) is 0 Å². The zero-order valence-corrected chi connectivity index (χ0v) is 20.0. The summed E-state index contributed by atoms with van der Waals surface area (Å²) in [5, 5.41) is 6.80. The third kappa shape index (κ3) is 7.51. The Morgan fingerprint density at radius 3 is 2.57 bits per heavy atom. The number of benzene rings is 1. The van der Waals surface area contributed by atoms with Gasteiger partial charge in [0.15, 0.2) is 5.96 Å². The van der Waals surface area contributed by atoms with Gasteiger partial charge in [-0.3, -0.25) is 9.89 Å². The molecule has 0 saturated carbocycles. The SMILES string of the molecule is CN=C(NCCc1ccc(Cl)s1)NCc1ccccc1CN1CCOCC1.I. The monoisotopic (exact) mass is 534 g/mol. The summed E-state index contributed by atoms with van der Waals surface area (Å²) in [6.45, 7) is 6.19. The molecule has 0 aliphatic carbocycles. The predicted molar refractivity (Wildman–Crippen MR) is 129 cm³/mol. The van der Waals surface area contributed by atoms with E-state index in [1.807, 2.05) is 6.07 Å². The normalized spacial score (nSPS) is 15.1. The van der Waals surface area contributed by atoms with Crippen LogP contribution in [-0.4, -0.2) is 50.8 Å². The molecule has 2 aromatic rings. The minimum absolute atomic E-state index is 0. The Hall–Kier alpha value is -0.870. The number of thiophene rings is 1. The van der Waals surface area contributed by atoms with Crippen LogP contribution in [0.2, 0.25) is 4.34 Å². The van der Waals surface area contributed by atoms with Crippen LogP contribution in [0.5, 0.6) is 0 Å². The molecule has 0 amide bonds. The summed E-state index contributed by atoms with van der Waals surface area (Å²) in [6, 6.07) is 12.6. The number of ether oxygens (including phenoxy) is 1. The molecule has 1 aliphatic rings. The Morgan fingerprint density at radius 1 is 1.14 bits per heavy atom. The molecule has 0 bridgehead atoms. The molecule has 1 aromatic carbocycles. The lowest BCUT2D eigenvalue weighted by atomic mass is 10.1. The van der Waals surface area contributed by atoms with E-state index in [0.29, 0.717) is 0 Å². The van der Waals surface area contributed by atoms with Gasteiger partial charge in [0.1, 0.15) is 0 Å². The van der Waals surface area contributed by atoms with Crippen molar-refractivity contribution in [2.75, 3.05) is 39.9 Å². The fourth-order valence-corrected chi connectivity index (χ4v) is 4.16. The van der Waals surface area contributed by atoms with Crippen LogP contribution in [0.1, 0.15) is 16.0 Å². The van der Waals surface area contributed by atoms with Gasteiger partial charge in [-0.25, -0.2) is 0 Å². The zero-order chi connectivity index (χ0) is 18.9. The zero-order valence-electron chi connectivity index (χ0n) is 16.1. The number of rotatable bonds is 7. The van der Waals surface area contributed by atoms with Gasteiger partial charge in [-0.2, -0.15) is 0 Å². The number of halogens is 2. The van der Waals surface area contributed by atoms with Crippen LogP contribution in [0.15, 0.2) is 41.4 Å². The van der Waals surface area contributed by atoms with Gasteiger partial charge in [-0.05, 0) is 29.7 Å². The minimum Gasteiger partial charge on any atom is -0.379 e. The van der Waals surface area contributed by atoms with Crippen LogP contribution >= 0.6 is 46.9 Å².